The summed E-state index contributed by atoms with van der Waals surface area (Å²) < 4.78 is 0. The highest BCUT2D eigenvalue weighted by Gasteiger charge is 1.98. The van der Waals surface area contributed by atoms with Crippen molar-refractivity contribution in [3.05, 3.63) is 59.9 Å². The van der Waals surface area contributed by atoms with Crippen LogP contribution in [0.15, 0.2) is 48.8 Å². The Hall–Kier alpha value is -1.87. The van der Waals surface area contributed by atoms with Gasteiger partial charge in [0.05, 0.1) is 0 Å². The Morgan fingerprint density at radius 1 is 1.11 bits per heavy atom. The molecule has 3 heteroatoms. The van der Waals surface area contributed by atoms with Gasteiger partial charge in [-0.05, 0) is 43.4 Å². The summed E-state index contributed by atoms with van der Waals surface area (Å²) in [6.45, 7) is 1.77. The number of nitrogens with one attached hydrogen (secondary N) is 1. The van der Waals surface area contributed by atoms with Crippen molar-refractivity contribution in [2.45, 2.75) is 13.1 Å². The van der Waals surface area contributed by atoms with E-state index in [0.717, 1.165) is 18.8 Å². The third-order valence-electron chi connectivity index (χ3n) is 2.65. The summed E-state index contributed by atoms with van der Waals surface area (Å²) in [7, 11) is 4.16. The van der Waals surface area contributed by atoms with Gasteiger partial charge in [-0.3, -0.25) is 4.98 Å². The van der Waals surface area contributed by atoms with Crippen LogP contribution in [0.3, 0.4) is 0 Å². The molecule has 3 nitrogen and oxygen atoms in total. The van der Waals surface area contributed by atoms with Crippen LogP contribution < -0.4 is 5.32 Å². The largest absolute Gasteiger partial charge is 0.381 e. The number of hydrogen-bond acceptors (Lipinski definition) is 3. The molecule has 0 aliphatic rings. The molecule has 1 N–H and O–H groups in total. The monoisotopic (exact) mass is 241 g/mol. The van der Waals surface area contributed by atoms with Crippen LogP contribution in [0.1, 0.15) is 11.1 Å². The molecule has 0 atom stereocenters. The first-order valence-corrected chi connectivity index (χ1v) is 6.10. The summed E-state index contributed by atoms with van der Waals surface area (Å²) in [6.07, 6.45) is 3.68. The van der Waals surface area contributed by atoms with Crippen LogP contribution in [-0.4, -0.2) is 24.0 Å². The van der Waals surface area contributed by atoms with Gasteiger partial charge in [0.25, 0.3) is 0 Å². The fraction of sp³-hybridized carbons (Fsp3) is 0.267. The van der Waals surface area contributed by atoms with E-state index in [2.05, 4.69) is 59.6 Å². The van der Waals surface area contributed by atoms with Crippen LogP contribution in [0.5, 0.6) is 0 Å². The molecule has 94 valence electrons. The maximum atomic E-state index is 4.11. The number of benzene rings is 1. The van der Waals surface area contributed by atoms with Gasteiger partial charge in [-0.1, -0.05) is 18.2 Å². The second kappa shape index (κ2) is 6.17. The quantitative estimate of drug-likeness (QED) is 0.872. The highest BCUT2D eigenvalue weighted by atomic mass is 15.0. The van der Waals surface area contributed by atoms with Crippen molar-refractivity contribution in [2.75, 3.05) is 19.4 Å². The standard InChI is InChI=1S/C15H19N3/c1-18(2)12-13-5-3-7-15(9-13)17-11-14-6-4-8-16-10-14/h3-10,17H,11-12H2,1-2H3. The average Bonchev–Trinajstić information content (AvgIpc) is 2.37. The van der Waals surface area contributed by atoms with Gasteiger partial charge in [-0.15, -0.1) is 0 Å². The third-order valence-corrected chi connectivity index (χ3v) is 2.65. The molecule has 0 radical (unpaired) electrons. The smallest absolute Gasteiger partial charge is 0.0416 e. The lowest BCUT2D eigenvalue weighted by Gasteiger charge is -2.12. The molecule has 2 rings (SSSR count). The third kappa shape index (κ3) is 3.86. The number of pyridine rings is 1. The van der Waals surface area contributed by atoms with Gasteiger partial charge < -0.3 is 10.2 Å². The summed E-state index contributed by atoms with van der Waals surface area (Å²) in [5.74, 6) is 0. The minimum absolute atomic E-state index is 0.805. The molecule has 1 aromatic carbocycles. The molecule has 18 heavy (non-hydrogen) atoms. The first kappa shape index (κ1) is 12.6. The van der Waals surface area contributed by atoms with E-state index in [1.807, 2.05) is 12.3 Å². The van der Waals surface area contributed by atoms with Gasteiger partial charge in [-0.2, -0.15) is 0 Å². The predicted molar refractivity (Wildman–Crippen MR) is 75.4 cm³/mol. The lowest BCUT2D eigenvalue weighted by atomic mass is 10.2. The fourth-order valence-corrected chi connectivity index (χ4v) is 1.85. The molecule has 2 aromatic rings. The molecule has 0 saturated heterocycles. The summed E-state index contributed by atoms with van der Waals surface area (Å²) in [4.78, 5) is 6.27. The Labute approximate surface area is 108 Å². The van der Waals surface area contributed by atoms with Crippen LogP contribution in [-0.2, 0) is 13.1 Å². The highest BCUT2D eigenvalue weighted by Crippen LogP contribution is 2.13. The molecular formula is C15H19N3. The molecule has 0 amide bonds. The summed E-state index contributed by atoms with van der Waals surface area (Å²) in [5.41, 5.74) is 3.66. The van der Waals surface area contributed by atoms with Gasteiger partial charge in [-0.25, -0.2) is 0 Å². The van der Waals surface area contributed by atoms with Crippen molar-refractivity contribution in [3.8, 4) is 0 Å². The molecule has 1 aromatic heterocycles. The minimum atomic E-state index is 0.805. The SMILES string of the molecule is CN(C)Cc1cccc(NCc2cccnc2)c1. The van der Waals surface area contributed by atoms with E-state index in [4.69, 9.17) is 0 Å². The van der Waals surface area contributed by atoms with Crippen molar-refractivity contribution in [2.24, 2.45) is 0 Å². The Bertz CT molecular complexity index is 480. The van der Waals surface area contributed by atoms with E-state index in [-0.39, 0.29) is 0 Å². The van der Waals surface area contributed by atoms with Gasteiger partial charge in [0, 0.05) is 31.2 Å². The molecule has 0 saturated carbocycles. The zero-order valence-electron chi connectivity index (χ0n) is 10.9. The zero-order chi connectivity index (χ0) is 12.8. The second-order valence-electron chi connectivity index (χ2n) is 4.65. The molecule has 0 fully saturated rings. The van der Waals surface area contributed by atoms with Crippen molar-refractivity contribution >= 4 is 5.69 Å². The molecule has 0 aliphatic carbocycles. The zero-order valence-corrected chi connectivity index (χ0v) is 10.9. The molecule has 0 bridgehead atoms. The highest BCUT2D eigenvalue weighted by molar-refractivity contribution is 5.46. The Balaban J connectivity index is 1.97. The number of aromatic nitrogens is 1. The van der Waals surface area contributed by atoms with E-state index in [0.29, 0.717) is 0 Å². The van der Waals surface area contributed by atoms with Gasteiger partial charge in [0.1, 0.15) is 0 Å². The molecular weight excluding hydrogens is 222 g/mol. The van der Waals surface area contributed by atoms with Gasteiger partial charge >= 0.3 is 0 Å². The second-order valence-corrected chi connectivity index (χ2v) is 4.65. The molecule has 0 unspecified atom stereocenters. The Morgan fingerprint density at radius 3 is 2.67 bits per heavy atom. The summed E-state index contributed by atoms with van der Waals surface area (Å²) in [5, 5.41) is 3.42. The Kier molecular flexibility index (Phi) is 4.31. The first-order chi connectivity index (χ1) is 8.74. The van der Waals surface area contributed by atoms with Gasteiger partial charge in [0.2, 0.25) is 0 Å². The summed E-state index contributed by atoms with van der Waals surface area (Å²) >= 11 is 0. The van der Waals surface area contributed by atoms with Crippen molar-refractivity contribution in [1.29, 1.82) is 0 Å². The van der Waals surface area contributed by atoms with Gasteiger partial charge in [0.15, 0.2) is 0 Å². The number of rotatable bonds is 5. The summed E-state index contributed by atoms with van der Waals surface area (Å²) in [6, 6.07) is 12.6. The van der Waals surface area contributed by atoms with E-state index in [1.54, 1.807) is 6.20 Å². The van der Waals surface area contributed by atoms with E-state index in [9.17, 15) is 0 Å². The van der Waals surface area contributed by atoms with Crippen LogP contribution in [0.4, 0.5) is 5.69 Å². The number of hydrogen-bond donors (Lipinski definition) is 1. The topological polar surface area (TPSA) is 28.2 Å². The van der Waals surface area contributed by atoms with Crippen LogP contribution in [0, 0.1) is 0 Å². The van der Waals surface area contributed by atoms with Crippen molar-refractivity contribution < 1.29 is 0 Å². The first-order valence-electron chi connectivity index (χ1n) is 6.10. The van der Waals surface area contributed by atoms with Crippen LogP contribution in [0.25, 0.3) is 0 Å². The Morgan fingerprint density at radius 2 is 1.94 bits per heavy atom. The van der Waals surface area contributed by atoms with Crippen LogP contribution in [0.2, 0.25) is 0 Å². The molecule has 0 aliphatic heterocycles. The van der Waals surface area contributed by atoms with E-state index in [1.165, 1.54) is 11.1 Å². The van der Waals surface area contributed by atoms with Crippen molar-refractivity contribution in [1.82, 2.24) is 9.88 Å². The maximum Gasteiger partial charge on any atom is 0.0416 e. The van der Waals surface area contributed by atoms with Crippen LogP contribution >= 0.6 is 0 Å². The van der Waals surface area contributed by atoms with E-state index >= 15 is 0 Å². The minimum Gasteiger partial charge on any atom is -0.381 e. The van der Waals surface area contributed by atoms with Crippen molar-refractivity contribution in [3.63, 3.8) is 0 Å². The number of nitrogens with zero attached hydrogens (tertiary/aromatic N) is 2. The predicted octanol–water partition coefficient (Wildman–Crippen LogP) is 2.76. The average molecular weight is 241 g/mol. The molecule has 1 heterocycles. The number of anilines is 1. The van der Waals surface area contributed by atoms with E-state index < -0.39 is 0 Å². The fourth-order valence-electron chi connectivity index (χ4n) is 1.85. The maximum absolute atomic E-state index is 4.11. The lowest BCUT2D eigenvalue weighted by molar-refractivity contribution is 0.402. The lowest BCUT2D eigenvalue weighted by Crippen LogP contribution is -2.10. The molecule has 0 spiro atoms. The normalized spacial score (nSPS) is 10.6.